The van der Waals surface area contributed by atoms with Crippen LogP contribution in [0.5, 0.6) is 0 Å². The first-order chi connectivity index (χ1) is 14.0. The predicted octanol–water partition coefficient (Wildman–Crippen LogP) is 1.68. The SMILES string of the molecule is CCCCCCCCCN=C(NCCNS(C)(=O)=O)NCCn1cnnc1CC. The Labute approximate surface area is 176 Å². The summed E-state index contributed by atoms with van der Waals surface area (Å²) in [6.45, 7) is 7.28. The Morgan fingerprint density at radius 2 is 1.72 bits per heavy atom. The molecule has 0 aliphatic carbocycles. The summed E-state index contributed by atoms with van der Waals surface area (Å²) in [5.41, 5.74) is 0. The molecule has 0 fully saturated rings. The van der Waals surface area contributed by atoms with Crippen LogP contribution in [0.2, 0.25) is 0 Å². The Morgan fingerprint density at radius 1 is 1.03 bits per heavy atom. The fraction of sp³-hybridized carbons (Fsp3) is 0.842. The van der Waals surface area contributed by atoms with Gasteiger partial charge in [0.15, 0.2) is 5.96 Å². The van der Waals surface area contributed by atoms with Crippen molar-refractivity contribution in [3.05, 3.63) is 12.2 Å². The molecule has 0 aliphatic heterocycles. The molecule has 168 valence electrons. The first-order valence-corrected chi connectivity index (χ1v) is 12.7. The van der Waals surface area contributed by atoms with Crippen molar-refractivity contribution in [3.8, 4) is 0 Å². The number of nitrogens with one attached hydrogen (secondary N) is 3. The maximum Gasteiger partial charge on any atom is 0.208 e. The van der Waals surface area contributed by atoms with Gasteiger partial charge in [0.05, 0.1) is 6.26 Å². The summed E-state index contributed by atoms with van der Waals surface area (Å²) in [6, 6.07) is 0. The molecule has 9 nitrogen and oxygen atoms in total. The van der Waals surface area contributed by atoms with Crippen molar-refractivity contribution in [1.29, 1.82) is 0 Å². The van der Waals surface area contributed by atoms with E-state index in [0.29, 0.717) is 25.6 Å². The normalized spacial score (nSPS) is 12.3. The Kier molecular flexibility index (Phi) is 13.3. The molecule has 0 aromatic carbocycles. The van der Waals surface area contributed by atoms with E-state index < -0.39 is 10.0 Å². The maximum atomic E-state index is 11.2. The molecule has 0 unspecified atom stereocenters. The Morgan fingerprint density at radius 3 is 2.41 bits per heavy atom. The zero-order valence-electron chi connectivity index (χ0n) is 18.3. The fourth-order valence-electron chi connectivity index (χ4n) is 2.89. The third kappa shape index (κ3) is 13.2. The molecule has 10 heteroatoms. The van der Waals surface area contributed by atoms with Gasteiger partial charge in [-0.1, -0.05) is 52.4 Å². The lowest BCUT2D eigenvalue weighted by Gasteiger charge is -2.13. The van der Waals surface area contributed by atoms with E-state index >= 15 is 0 Å². The van der Waals surface area contributed by atoms with E-state index in [0.717, 1.165) is 38.0 Å². The summed E-state index contributed by atoms with van der Waals surface area (Å²) >= 11 is 0. The second kappa shape index (κ2) is 15.2. The van der Waals surface area contributed by atoms with E-state index in [1.165, 1.54) is 38.5 Å². The van der Waals surface area contributed by atoms with Gasteiger partial charge in [-0.15, -0.1) is 10.2 Å². The Bertz CT molecular complexity index is 674. The number of sulfonamides is 1. The number of guanidine groups is 1. The van der Waals surface area contributed by atoms with Crippen molar-refractivity contribution in [1.82, 2.24) is 30.1 Å². The van der Waals surface area contributed by atoms with E-state index in [2.05, 4.69) is 44.4 Å². The van der Waals surface area contributed by atoms with Gasteiger partial charge >= 0.3 is 0 Å². The zero-order chi connectivity index (χ0) is 21.4. The monoisotopic (exact) mass is 429 g/mol. The summed E-state index contributed by atoms with van der Waals surface area (Å²) in [5, 5.41) is 14.5. The summed E-state index contributed by atoms with van der Waals surface area (Å²) in [6.07, 6.45) is 12.5. The minimum Gasteiger partial charge on any atom is -0.355 e. The van der Waals surface area contributed by atoms with Gasteiger partial charge in [-0.25, -0.2) is 13.1 Å². The highest BCUT2D eigenvalue weighted by atomic mass is 32.2. The van der Waals surface area contributed by atoms with Crippen LogP contribution in [0, 0.1) is 0 Å². The van der Waals surface area contributed by atoms with Crippen molar-refractivity contribution in [2.45, 2.75) is 71.8 Å². The quantitative estimate of drug-likeness (QED) is 0.209. The highest BCUT2D eigenvalue weighted by Crippen LogP contribution is 2.06. The topological polar surface area (TPSA) is 113 Å². The zero-order valence-corrected chi connectivity index (χ0v) is 19.1. The third-order valence-electron chi connectivity index (χ3n) is 4.47. The second-order valence-corrected chi connectivity index (χ2v) is 9.00. The average Bonchev–Trinajstić information content (AvgIpc) is 3.13. The molecule has 0 aliphatic rings. The van der Waals surface area contributed by atoms with E-state index in [9.17, 15) is 8.42 Å². The summed E-state index contributed by atoms with van der Waals surface area (Å²) in [7, 11) is -3.18. The average molecular weight is 430 g/mol. The third-order valence-corrected chi connectivity index (χ3v) is 5.20. The molecule has 1 aromatic heterocycles. The van der Waals surface area contributed by atoms with Crippen LogP contribution in [0.4, 0.5) is 0 Å². The lowest BCUT2D eigenvalue weighted by Crippen LogP contribution is -2.42. The van der Waals surface area contributed by atoms with Crippen LogP contribution < -0.4 is 15.4 Å². The number of unbranched alkanes of at least 4 members (excludes halogenated alkanes) is 6. The standard InChI is InChI=1S/C19H39N7O2S/c1-4-6-7-8-9-10-11-12-20-19(21-13-14-24-29(3,27)28)22-15-16-26-17-23-25-18(26)5-2/h17,24H,4-16H2,1-3H3,(H2,20,21,22). The first-order valence-electron chi connectivity index (χ1n) is 10.8. The van der Waals surface area contributed by atoms with Gasteiger partial charge < -0.3 is 15.2 Å². The molecule has 0 spiro atoms. The van der Waals surface area contributed by atoms with Crippen LogP contribution in [0.3, 0.4) is 0 Å². The largest absolute Gasteiger partial charge is 0.355 e. The van der Waals surface area contributed by atoms with E-state index in [1.54, 1.807) is 6.33 Å². The van der Waals surface area contributed by atoms with Crippen molar-refractivity contribution >= 4 is 16.0 Å². The smallest absolute Gasteiger partial charge is 0.208 e. The van der Waals surface area contributed by atoms with Crippen LogP contribution >= 0.6 is 0 Å². The minimum atomic E-state index is -3.18. The number of hydrogen-bond donors (Lipinski definition) is 3. The van der Waals surface area contributed by atoms with Crippen molar-refractivity contribution in [2.24, 2.45) is 4.99 Å². The van der Waals surface area contributed by atoms with Gasteiger partial charge in [0, 0.05) is 39.1 Å². The lowest BCUT2D eigenvalue weighted by atomic mass is 10.1. The van der Waals surface area contributed by atoms with Gasteiger partial charge in [0.25, 0.3) is 0 Å². The molecule has 1 aromatic rings. The molecular weight excluding hydrogens is 390 g/mol. The number of aliphatic imine (C=N–C) groups is 1. The van der Waals surface area contributed by atoms with Gasteiger partial charge in [0.2, 0.25) is 10.0 Å². The number of rotatable bonds is 16. The molecule has 0 saturated carbocycles. The van der Waals surface area contributed by atoms with Crippen molar-refractivity contribution < 1.29 is 8.42 Å². The highest BCUT2D eigenvalue weighted by Gasteiger charge is 2.04. The fourth-order valence-corrected chi connectivity index (χ4v) is 3.36. The number of hydrogen-bond acceptors (Lipinski definition) is 5. The maximum absolute atomic E-state index is 11.2. The Hall–Kier alpha value is -1.68. The molecule has 0 radical (unpaired) electrons. The van der Waals surface area contributed by atoms with Gasteiger partial charge in [-0.3, -0.25) is 4.99 Å². The van der Waals surface area contributed by atoms with Crippen LogP contribution in [0.15, 0.2) is 11.3 Å². The number of aryl methyl sites for hydroxylation is 1. The van der Waals surface area contributed by atoms with Crippen LogP contribution in [0.1, 0.15) is 64.6 Å². The molecule has 0 saturated heterocycles. The second-order valence-electron chi connectivity index (χ2n) is 7.17. The molecular formula is C19H39N7O2S. The molecule has 0 atom stereocenters. The summed E-state index contributed by atoms with van der Waals surface area (Å²) in [5.74, 6) is 1.66. The predicted molar refractivity (Wildman–Crippen MR) is 119 cm³/mol. The molecule has 0 amide bonds. The highest BCUT2D eigenvalue weighted by molar-refractivity contribution is 7.88. The molecule has 0 bridgehead atoms. The van der Waals surface area contributed by atoms with Crippen molar-refractivity contribution in [2.75, 3.05) is 32.4 Å². The Balaban J connectivity index is 2.38. The molecule has 1 rings (SSSR count). The van der Waals surface area contributed by atoms with Crippen LogP contribution in [0.25, 0.3) is 0 Å². The van der Waals surface area contributed by atoms with Gasteiger partial charge in [-0.2, -0.15) is 0 Å². The molecule has 1 heterocycles. The summed E-state index contributed by atoms with van der Waals surface area (Å²) < 4.78 is 26.9. The summed E-state index contributed by atoms with van der Waals surface area (Å²) in [4.78, 5) is 4.63. The van der Waals surface area contributed by atoms with Crippen LogP contribution in [-0.2, 0) is 23.0 Å². The number of aromatic nitrogens is 3. The minimum absolute atomic E-state index is 0.322. The van der Waals surface area contributed by atoms with E-state index in [4.69, 9.17) is 0 Å². The molecule has 29 heavy (non-hydrogen) atoms. The van der Waals surface area contributed by atoms with Crippen molar-refractivity contribution in [3.63, 3.8) is 0 Å². The lowest BCUT2D eigenvalue weighted by molar-refractivity contribution is 0.585. The van der Waals surface area contributed by atoms with Gasteiger partial charge in [0.1, 0.15) is 12.2 Å². The van der Waals surface area contributed by atoms with Gasteiger partial charge in [-0.05, 0) is 6.42 Å². The number of nitrogens with zero attached hydrogens (tertiary/aromatic N) is 4. The van der Waals surface area contributed by atoms with Crippen LogP contribution in [-0.4, -0.2) is 61.6 Å². The van der Waals surface area contributed by atoms with E-state index in [1.807, 2.05) is 4.57 Å². The molecule has 3 N–H and O–H groups in total. The van der Waals surface area contributed by atoms with E-state index in [-0.39, 0.29) is 0 Å². The first kappa shape index (κ1) is 25.4.